The number of aliphatic hydroxyl groups is 1. The molecule has 1 aliphatic heterocycles. The Labute approximate surface area is 127 Å². The fourth-order valence-electron chi connectivity index (χ4n) is 2.61. The highest BCUT2D eigenvalue weighted by atomic mass is 16.4. The van der Waals surface area contributed by atoms with Crippen LogP contribution in [0.2, 0.25) is 0 Å². The monoisotopic (exact) mass is 297 g/mol. The third-order valence-corrected chi connectivity index (χ3v) is 3.70. The van der Waals surface area contributed by atoms with E-state index in [1.807, 2.05) is 30.3 Å². The highest BCUT2D eigenvalue weighted by Crippen LogP contribution is 2.40. The summed E-state index contributed by atoms with van der Waals surface area (Å²) in [6.45, 7) is 0.340. The van der Waals surface area contributed by atoms with Crippen molar-refractivity contribution in [2.24, 2.45) is 0 Å². The van der Waals surface area contributed by atoms with E-state index in [1.165, 1.54) is 11.0 Å². The Hall–Kier alpha value is -2.95. The van der Waals surface area contributed by atoms with Crippen molar-refractivity contribution in [3.8, 4) is 5.75 Å². The second-order valence-electron chi connectivity index (χ2n) is 5.11. The number of fused-ring (bicyclic) bond motifs is 1. The predicted molar refractivity (Wildman–Crippen MR) is 82.1 cm³/mol. The molecule has 112 valence electrons. The summed E-state index contributed by atoms with van der Waals surface area (Å²) in [6, 6.07) is 12.5. The summed E-state index contributed by atoms with van der Waals surface area (Å²) in [7, 11) is 0. The lowest BCUT2D eigenvalue weighted by Gasteiger charge is -2.30. The Morgan fingerprint density at radius 3 is 2.50 bits per heavy atom. The van der Waals surface area contributed by atoms with Crippen LogP contribution in [0.3, 0.4) is 0 Å². The average molecular weight is 297 g/mol. The van der Waals surface area contributed by atoms with Crippen LogP contribution in [0.1, 0.15) is 21.5 Å². The normalized spacial score (nSPS) is 13.5. The molecule has 0 saturated carbocycles. The van der Waals surface area contributed by atoms with Crippen molar-refractivity contribution in [1.29, 1.82) is 0 Å². The second kappa shape index (κ2) is 5.44. The van der Waals surface area contributed by atoms with Crippen molar-refractivity contribution in [3.63, 3.8) is 0 Å². The zero-order valence-electron chi connectivity index (χ0n) is 11.7. The maximum atomic E-state index is 11.2. The number of hydrogen-bond donors (Lipinski definition) is 3. The highest BCUT2D eigenvalue weighted by Gasteiger charge is 2.26. The van der Waals surface area contributed by atoms with Gasteiger partial charge in [-0.3, -0.25) is 0 Å². The van der Waals surface area contributed by atoms with Crippen molar-refractivity contribution < 1.29 is 20.1 Å². The number of aliphatic hydroxyl groups excluding tert-OH is 1. The number of aromatic hydroxyl groups is 1. The predicted octanol–water partition coefficient (Wildman–Crippen LogP) is 3.05. The molecule has 5 heteroatoms. The number of phenols is 1. The lowest BCUT2D eigenvalue weighted by Crippen LogP contribution is -2.26. The quantitative estimate of drug-likeness (QED) is 0.811. The Bertz CT molecular complexity index is 753. The van der Waals surface area contributed by atoms with Crippen LogP contribution < -0.4 is 4.90 Å². The highest BCUT2D eigenvalue weighted by molar-refractivity contribution is 5.94. The number of allylic oxidation sites excluding steroid dienone is 1. The number of rotatable bonds is 3. The van der Waals surface area contributed by atoms with Gasteiger partial charge in [0.25, 0.3) is 0 Å². The van der Waals surface area contributed by atoms with Crippen LogP contribution in [0.15, 0.2) is 54.4 Å². The molecule has 5 nitrogen and oxygen atoms in total. The molecule has 0 fully saturated rings. The van der Waals surface area contributed by atoms with Crippen molar-refractivity contribution in [3.05, 3.63) is 71.1 Å². The largest absolute Gasteiger partial charge is 0.505 e. The third-order valence-electron chi connectivity index (χ3n) is 3.70. The summed E-state index contributed by atoms with van der Waals surface area (Å²) in [5.74, 6) is -1.51. The zero-order valence-corrected chi connectivity index (χ0v) is 11.7. The van der Waals surface area contributed by atoms with Gasteiger partial charge in [0, 0.05) is 0 Å². The van der Waals surface area contributed by atoms with Gasteiger partial charge in [-0.1, -0.05) is 36.4 Å². The van der Waals surface area contributed by atoms with Crippen LogP contribution in [0.25, 0.3) is 0 Å². The van der Waals surface area contributed by atoms with Crippen LogP contribution in [0.5, 0.6) is 5.75 Å². The molecule has 3 N–H and O–H groups in total. The summed E-state index contributed by atoms with van der Waals surface area (Å²) in [5.41, 5.74) is 1.89. The topological polar surface area (TPSA) is 81.0 Å². The number of benzene rings is 2. The SMILES string of the molecule is O=C(O)c1ccc2c(c1O)N(Cc1ccccc1)C(O)=CC2. The molecule has 0 bridgehead atoms. The first kappa shape index (κ1) is 14.0. The van der Waals surface area contributed by atoms with Gasteiger partial charge in [0.1, 0.15) is 5.56 Å². The molecule has 0 spiro atoms. The molecule has 2 aromatic carbocycles. The van der Waals surface area contributed by atoms with E-state index in [1.54, 1.807) is 12.1 Å². The standard InChI is InChI=1S/C17H15NO4/c19-14-9-7-12-6-8-13(17(21)22)16(20)15(12)18(14)10-11-4-2-1-3-5-11/h1-6,8-9,19-20H,7,10H2,(H,21,22). The van der Waals surface area contributed by atoms with E-state index in [9.17, 15) is 15.0 Å². The van der Waals surface area contributed by atoms with Gasteiger partial charge in [-0.2, -0.15) is 0 Å². The summed E-state index contributed by atoms with van der Waals surface area (Å²) < 4.78 is 0. The number of hydrogen-bond acceptors (Lipinski definition) is 4. The van der Waals surface area contributed by atoms with E-state index in [2.05, 4.69) is 0 Å². The minimum absolute atomic E-state index is 0.00851. The molecule has 2 aromatic rings. The van der Waals surface area contributed by atoms with Gasteiger partial charge in [-0.05, 0) is 29.7 Å². The first-order valence-electron chi connectivity index (χ1n) is 6.86. The van der Waals surface area contributed by atoms with Gasteiger partial charge in [0.05, 0.1) is 12.2 Å². The van der Waals surface area contributed by atoms with E-state index >= 15 is 0 Å². The van der Waals surface area contributed by atoms with Crippen LogP contribution in [0.4, 0.5) is 5.69 Å². The molecule has 3 rings (SSSR count). The van der Waals surface area contributed by atoms with Gasteiger partial charge < -0.3 is 20.2 Å². The third kappa shape index (κ3) is 2.37. The molecule has 0 radical (unpaired) electrons. The van der Waals surface area contributed by atoms with Crippen molar-refractivity contribution in [2.75, 3.05) is 4.90 Å². The van der Waals surface area contributed by atoms with E-state index < -0.39 is 5.97 Å². The van der Waals surface area contributed by atoms with Crippen LogP contribution in [-0.2, 0) is 13.0 Å². The molecular weight excluding hydrogens is 282 g/mol. The van der Waals surface area contributed by atoms with Crippen molar-refractivity contribution >= 4 is 11.7 Å². The van der Waals surface area contributed by atoms with E-state index in [4.69, 9.17) is 5.11 Å². The first-order chi connectivity index (χ1) is 10.6. The van der Waals surface area contributed by atoms with Crippen molar-refractivity contribution in [2.45, 2.75) is 13.0 Å². The lowest BCUT2D eigenvalue weighted by molar-refractivity contribution is 0.0693. The minimum atomic E-state index is -1.20. The van der Waals surface area contributed by atoms with Crippen molar-refractivity contribution in [1.82, 2.24) is 0 Å². The lowest BCUT2D eigenvalue weighted by atomic mass is 10.00. The van der Waals surface area contributed by atoms with Crippen LogP contribution >= 0.6 is 0 Å². The summed E-state index contributed by atoms with van der Waals surface area (Å²) in [6.07, 6.45) is 2.09. The van der Waals surface area contributed by atoms with Gasteiger partial charge in [0.2, 0.25) is 0 Å². The smallest absolute Gasteiger partial charge is 0.339 e. The van der Waals surface area contributed by atoms with Gasteiger partial charge >= 0.3 is 5.97 Å². The molecular formula is C17H15NO4. The maximum Gasteiger partial charge on any atom is 0.339 e. The molecule has 0 aliphatic carbocycles. The number of carboxylic acid groups (broad SMARTS) is 1. The van der Waals surface area contributed by atoms with E-state index in [0.717, 1.165) is 11.1 Å². The average Bonchev–Trinajstić information content (AvgIpc) is 2.51. The molecule has 0 unspecified atom stereocenters. The number of carboxylic acids is 1. The zero-order chi connectivity index (χ0) is 15.7. The Kier molecular flexibility index (Phi) is 3.47. The van der Waals surface area contributed by atoms with Crippen LogP contribution in [-0.4, -0.2) is 21.3 Å². The van der Waals surface area contributed by atoms with Gasteiger partial charge in [-0.25, -0.2) is 4.79 Å². The molecule has 1 heterocycles. The fourth-order valence-corrected chi connectivity index (χ4v) is 2.61. The molecule has 0 saturated heterocycles. The van der Waals surface area contributed by atoms with Gasteiger partial charge in [-0.15, -0.1) is 0 Å². The minimum Gasteiger partial charge on any atom is -0.505 e. The second-order valence-corrected chi connectivity index (χ2v) is 5.11. The fraction of sp³-hybridized carbons (Fsp3) is 0.118. The molecule has 1 aliphatic rings. The summed E-state index contributed by atoms with van der Waals surface area (Å²) in [4.78, 5) is 12.7. The number of nitrogens with zero attached hydrogens (tertiary/aromatic N) is 1. The van der Waals surface area contributed by atoms with Gasteiger partial charge in [0.15, 0.2) is 11.6 Å². The molecule has 22 heavy (non-hydrogen) atoms. The van der Waals surface area contributed by atoms with Crippen LogP contribution in [0, 0.1) is 0 Å². The summed E-state index contributed by atoms with van der Waals surface area (Å²) in [5, 5.41) is 29.6. The Morgan fingerprint density at radius 2 is 1.82 bits per heavy atom. The Morgan fingerprint density at radius 1 is 1.09 bits per heavy atom. The molecule has 0 aromatic heterocycles. The maximum absolute atomic E-state index is 11.2. The van der Waals surface area contributed by atoms with E-state index in [0.29, 0.717) is 18.7 Å². The molecule has 0 amide bonds. The van der Waals surface area contributed by atoms with E-state index in [-0.39, 0.29) is 17.2 Å². The Balaban J connectivity index is 2.08. The number of anilines is 1. The molecule has 0 atom stereocenters. The summed E-state index contributed by atoms with van der Waals surface area (Å²) >= 11 is 0. The number of aromatic carboxylic acids is 1. The number of carbonyl (C=O) groups is 1. The first-order valence-corrected chi connectivity index (χ1v) is 6.86.